The van der Waals surface area contributed by atoms with Gasteiger partial charge in [0.05, 0.1) is 23.4 Å². The Labute approximate surface area is 151 Å². The van der Waals surface area contributed by atoms with E-state index in [-0.39, 0.29) is 19.4 Å². The summed E-state index contributed by atoms with van der Waals surface area (Å²) in [5.74, 6) is -2.23. The fraction of sp³-hybridized carbons (Fsp3) is 0.667. The van der Waals surface area contributed by atoms with Crippen LogP contribution < -0.4 is 0 Å². The third kappa shape index (κ3) is 5.76. The van der Waals surface area contributed by atoms with Gasteiger partial charge in [0, 0.05) is 0 Å². The summed E-state index contributed by atoms with van der Waals surface area (Å²) in [6, 6.07) is 0.302. The number of aliphatic imine (C=N–C) groups is 2. The zero-order valence-electron chi connectivity index (χ0n) is 14.8. The molecule has 8 nitrogen and oxygen atoms in total. The molecule has 0 amide bonds. The molecule has 0 bridgehead atoms. The minimum Gasteiger partial charge on any atom is -0.481 e. The lowest BCUT2D eigenvalue weighted by Gasteiger charge is -2.36. The van der Waals surface area contributed by atoms with Gasteiger partial charge in [-0.15, -0.1) is 0 Å². The number of carboxylic acids is 2. The summed E-state index contributed by atoms with van der Waals surface area (Å²) >= 11 is 0. The molecule has 2 rings (SSSR count). The fourth-order valence-electron chi connectivity index (χ4n) is 3.34. The van der Waals surface area contributed by atoms with E-state index in [4.69, 9.17) is 5.11 Å². The largest absolute Gasteiger partial charge is 0.481 e. The van der Waals surface area contributed by atoms with Crippen molar-refractivity contribution in [2.24, 2.45) is 20.8 Å². The summed E-state index contributed by atoms with van der Waals surface area (Å²) in [6.07, 6.45) is 11.9. The first kappa shape index (κ1) is 21.5. The highest BCUT2D eigenvalue weighted by Gasteiger charge is 2.48. The van der Waals surface area contributed by atoms with Crippen LogP contribution in [0.2, 0.25) is 0 Å². The Bertz CT molecular complexity index is 642. The maximum atomic E-state index is 11.3. The van der Waals surface area contributed by atoms with E-state index in [1.165, 1.54) is 44.4 Å². The van der Waals surface area contributed by atoms with Crippen molar-refractivity contribution in [3.8, 4) is 0 Å². The maximum absolute atomic E-state index is 11.3. The smallest absolute Gasteiger partial charge is 0.313 e. The van der Waals surface area contributed by atoms with Crippen LogP contribution in [-0.2, 0) is 19.2 Å². The molecule has 0 aromatic heterocycles. The number of isocyanates is 2. The number of hydrogen-bond donors (Lipinski definition) is 2. The number of carboxylic acid groups (broad SMARTS) is 2. The van der Waals surface area contributed by atoms with Crippen molar-refractivity contribution in [3.05, 3.63) is 12.2 Å². The normalized spacial score (nSPS) is 27.9. The lowest BCUT2D eigenvalue weighted by Crippen LogP contribution is -2.43. The Hall–Kier alpha value is -2.56. The molecule has 2 atom stereocenters. The molecule has 0 spiro atoms. The zero-order chi connectivity index (χ0) is 19.6. The molecule has 2 unspecified atom stereocenters. The van der Waals surface area contributed by atoms with Crippen LogP contribution in [0.3, 0.4) is 0 Å². The third-order valence-electron chi connectivity index (χ3n) is 4.90. The highest BCUT2D eigenvalue weighted by molar-refractivity contribution is 5.81. The van der Waals surface area contributed by atoms with E-state index in [1.54, 1.807) is 6.08 Å². The molecule has 8 heteroatoms. The van der Waals surface area contributed by atoms with Crippen LogP contribution in [0.15, 0.2) is 22.1 Å². The van der Waals surface area contributed by atoms with Crippen LogP contribution >= 0.6 is 0 Å². The maximum Gasteiger partial charge on any atom is 0.313 e. The Morgan fingerprint density at radius 2 is 1.77 bits per heavy atom. The van der Waals surface area contributed by atoms with Crippen LogP contribution in [0.25, 0.3) is 0 Å². The van der Waals surface area contributed by atoms with Crippen molar-refractivity contribution in [1.29, 1.82) is 0 Å². The molecule has 26 heavy (non-hydrogen) atoms. The topological polar surface area (TPSA) is 133 Å². The third-order valence-corrected chi connectivity index (χ3v) is 4.90. The molecule has 1 saturated carbocycles. The van der Waals surface area contributed by atoms with E-state index in [9.17, 15) is 24.3 Å². The first-order valence-electron chi connectivity index (χ1n) is 8.55. The number of carbonyl (C=O) groups is 2. The average Bonchev–Trinajstić information content (AvgIpc) is 2.61. The summed E-state index contributed by atoms with van der Waals surface area (Å²) in [4.78, 5) is 49.2. The molecule has 142 valence electrons. The van der Waals surface area contributed by atoms with Gasteiger partial charge < -0.3 is 10.2 Å². The molecule has 0 aromatic carbocycles. The Morgan fingerprint density at radius 3 is 2.27 bits per heavy atom. The second-order valence-electron chi connectivity index (χ2n) is 7.01. The monoisotopic (exact) mass is 364 g/mol. The van der Waals surface area contributed by atoms with E-state index < -0.39 is 22.8 Å². The van der Waals surface area contributed by atoms with Gasteiger partial charge in [-0.1, -0.05) is 31.4 Å². The number of rotatable bonds is 5. The summed E-state index contributed by atoms with van der Waals surface area (Å²) in [5, 5.41) is 18.3. The lowest BCUT2D eigenvalue weighted by atomic mass is 9.66. The number of hydrogen-bond acceptors (Lipinski definition) is 6. The minimum absolute atomic E-state index is 0.0909. The van der Waals surface area contributed by atoms with Gasteiger partial charge in [0.15, 0.2) is 0 Å². The standard InChI is InChI=1S/C11H13NO5.C7H11NO/c1-10(8(14)15)3-2-4-11(5-10,9(16)17)6-12-7-13;9-6-8-7-4-2-1-3-5-7/h2-3H,4-6H2,1H3,(H,14,15)(H,16,17);7H,1-5H2. The number of carbonyl (C=O) groups excluding carboxylic acids is 2. The van der Waals surface area contributed by atoms with Crippen LogP contribution in [-0.4, -0.2) is 46.9 Å². The van der Waals surface area contributed by atoms with E-state index in [1.807, 2.05) is 0 Å². The van der Waals surface area contributed by atoms with Crippen LogP contribution in [0.5, 0.6) is 0 Å². The molecule has 0 heterocycles. The Kier molecular flexibility index (Phi) is 8.10. The minimum atomic E-state index is -1.33. The Morgan fingerprint density at radius 1 is 1.12 bits per heavy atom. The van der Waals surface area contributed by atoms with Crippen LogP contribution in [0.4, 0.5) is 0 Å². The second kappa shape index (κ2) is 9.80. The average molecular weight is 364 g/mol. The molecule has 0 saturated heterocycles. The van der Waals surface area contributed by atoms with Gasteiger partial charge in [-0.3, -0.25) is 9.59 Å². The first-order chi connectivity index (χ1) is 12.3. The number of allylic oxidation sites excluding steroid dienone is 1. The summed E-state index contributed by atoms with van der Waals surface area (Å²) in [6.45, 7) is 1.20. The van der Waals surface area contributed by atoms with Gasteiger partial charge in [-0.05, 0) is 32.6 Å². The molecule has 0 aliphatic heterocycles. The van der Waals surface area contributed by atoms with E-state index >= 15 is 0 Å². The Balaban J connectivity index is 0.000000314. The SMILES string of the molecule is CC1(C(=O)O)C=CCC(CN=C=O)(C(=O)O)C1.O=C=NC1CCCCC1. The van der Waals surface area contributed by atoms with E-state index in [0.717, 1.165) is 12.8 Å². The summed E-state index contributed by atoms with van der Waals surface area (Å²) in [5.41, 5.74) is -2.58. The van der Waals surface area contributed by atoms with Crippen molar-refractivity contribution < 1.29 is 29.4 Å². The molecule has 2 aliphatic rings. The van der Waals surface area contributed by atoms with Crippen LogP contribution in [0, 0.1) is 10.8 Å². The molecular weight excluding hydrogens is 340 g/mol. The van der Waals surface area contributed by atoms with Gasteiger partial charge in [0.1, 0.15) is 0 Å². The summed E-state index contributed by atoms with van der Waals surface area (Å²) in [7, 11) is 0. The van der Waals surface area contributed by atoms with Crippen molar-refractivity contribution in [2.45, 2.75) is 57.9 Å². The summed E-state index contributed by atoms with van der Waals surface area (Å²) < 4.78 is 0. The van der Waals surface area contributed by atoms with Gasteiger partial charge in [-0.2, -0.15) is 0 Å². The molecule has 2 N–H and O–H groups in total. The van der Waals surface area contributed by atoms with Crippen molar-refractivity contribution in [3.63, 3.8) is 0 Å². The molecular formula is C18H24N2O6. The van der Waals surface area contributed by atoms with Crippen molar-refractivity contribution in [2.75, 3.05) is 6.54 Å². The number of aliphatic carboxylic acids is 2. The van der Waals surface area contributed by atoms with E-state index in [2.05, 4.69) is 9.98 Å². The van der Waals surface area contributed by atoms with Crippen molar-refractivity contribution >= 4 is 24.1 Å². The fourth-order valence-corrected chi connectivity index (χ4v) is 3.34. The molecule has 0 aromatic rings. The quantitative estimate of drug-likeness (QED) is 0.437. The molecule has 1 fully saturated rings. The zero-order valence-corrected chi connectivity index (χ0v) is 14.8. The molecule has 2 aliphatic carbocycles. The second-order valence-corrected chi connectivity index (χ2v) is 7.01. The van der Waals surface area contributed by atoms with Crippen LogP contribution in [0.1, 0.15) is 51.9 Å². The van der Waals surface area contributed by atoms with Gasteiger partial charge in [-0.25, -0.2) is 19.6 Å². The van der Waals surface area contributed by atoms with Crippen molar-refractivity contribution in [1.82, 2.24) is 0 Å². The van der Waals surface area contributed by atoms with Gasteiger partial charge >= 0.3 is 11.9 Å². The highest BCUT2D eigenvalue weighted by atomic mass is 16.4. The first-order valence-corrected chi connectivity index (χ1v) is 8.55. The van der Waals surface area contributed by atoms with Gasteiger partial charge in [0.2, 0.25) is 12.2 Å². The highest BCUT2D eigenvalue weighted by Crippen LogP contribution is 2.43. The van der Waals surface area contributed by atoms with Gasteiger partial charge in [0.25, 0.3) is 0 Å². The predicted octanol–water partition coefficient (Wildman–Crippen LogP) is 2.49. The predicted molar refractivity (Wildman–Crippen MR) is 92.2 cm³/mol. The lowest BCUT2D eigenvalue weighted by molar-refractivity contribution is -0.155. The van der Waals surface area contributed by atoms with E-state index in [0.29, 0.717) is 6.04 Å². The number of nitrogens with zero attached hydrogens (tertiary/aromatic N) is 2. The molecule has 0 radical (unpaired) electrons.